The maximum atomic E-state index is 9.47. The number of fused-ring (bicyclic) bond motifs is 1. The molecule has 1 amide bonds. The van der Waals surface area contributed by atoms with Crippen LogP contribution in [0.4, 0.5) is 0 Å². The summed E-state index contributed by atoms with van der Waals surface area (Å²) in [7, 11) is 0. The Morgan fingerprint density at radius 3 is 2.50 bits per heavy atom. The lowest BCUT2D eigenvalue weighted by molar-refractivity contribution is -0.113. The molecule has 1 saturated carbocycles. The molecule has 4 heteroatoms. The topological polar surface area (TPSA) is 55.6 Å². The fourth-order valence-corrected chi connectivity index (χ4v) is 3.29. The molecule has 2 aliphatic rings. The van der Waals surface area contributed by atoms with Gasteiger partial charge < -0.3 is 10.5 Å². The fourth-order valence-electron chi connectivity index (χ4n) is 3.29. The molecule has 1 heterocycles. The maximum absolute atomic E-state index is 9.47. The first-order valence-electron chi connectivity index (χ1n) is 8.41. The quantitative estimate of drug-likeness (QED) is 0.883. The first-order chi connectivity index (χ1) is 11.7. The zero-order valence-electron chi connectivity index (χ0n) is 13.9. The second kappa shape index (κ2) is 7.60. The zero-order chi connectivity index (χ0) is 16.9. The van der Waals surface area contributed by atoms with Gasteiger partial charge in [0.1, 0.15) is 0 Å². The van der Waals surface area contributed by atoms with Crippen LogP contribution < -0.4 is 5.73 Å². The van der Waals surface area contributed by atoms with E-state index in [-0.39, 0.29) is 0 Å². The number of hydrogen-bond acceptors (Lipinski definition) is 3. The van der Waals surface area contributed by atoms with E-state index in [9.17, 15) is 4.79 Å². The molecule has 1 saturated heterocycles. The number of amides is 1. The highest BCUT2D eigenvalue weighted by Gasteiger charge is 2.42. The van der Waals surface area contributed by atoms with Crippen LogP contribution in [0.5, 0.6) is 0 Å². The molecule has 0 radical (unpaired) electrons. The summed E-state index contributed by atoms with van der Waals surface area (Å²) in [6.07, 6.45) is 2.37. The minimum absolute atomic E-state index is 0.481. The van der Waals surface area contributed by atoms with E-state index in [0.29, 0.717) is 0 Å². The third-order valence-corrected chi connectivity index (χ3v) is 4.67. The molecule has 2 atom stereocenters. The number of carbonyl (C=O) groups is 1. The van der Waals surface area contributed by atoms with Gasteiger partial charge in [-0.1, -0.05) is 49.0 Å². The summed E-state index contributed by atoms with van der Waals surface area (Å²) < 4.78 is 5.43. The maximum Gasteiger partial charge on any atom is 0.240 e. The minimum atomic E-state index is -0.481. The first kappa shape index (κ1) is 16.7. The Balaban J connectivity index is 0.000000300. The van der Waals surface area contributed by atoms with Crippen LogP contribution in [0, 0.1) is 0 Å². The Bertz CT molecular complexity index is 722. The van der Waals surface area contributed by atoms with Crippen LogP contribution in [0.25, 0.3) is 10.8 Å². The summed E-state index contributed by atoms with van der Waals surface area (Å²) in [5.74, 6) is 0.257. The van der Waals surface area contributed by atoms with Crippen molar-refractivity contribution >= 4 is 16.7 Å². The summed E-state index contributed by atoms with van der Waals surface area (Å²) in [5, 5.41) is 2.71. The van der Waals surface area contributed by atoms with E-state index in [1.807, 2.05) is 0 Å². The molecule has 2 aromatic carbocycles. The number of nitrogens with zero attached hydrogens (tertiary/aromatic N) is 1. The lowest BCUT2D eigenvalue weighted by Crippen LogP contribution is -2.38. The molecular formula is C20H24N2O2. The van der Waals surface area contributed by atoms with Crippen molar-refractivity contribution in [1.29, 1.82) is 0 Å². The first-order valence-corrected chi connectivity index (χ1v) is 8.41. The molecule has 2 unspecified atom stereocenters. The summed E-state index contributed by atoms with van der Waals surface area (Å²) in [4.78, 5) is 12.1. The van der Waals surface area contributed by atoms with Gasteiger partial charge in [0.05, 0.1) is 13.2 Å². The third-order valence-electron chi connectivity index (χ3n) is 4.67. The van der Waals surface area contributed by atoms with Crippen LogP contribution in [0.2, 0.25) is 0 Å². The standard InChI is InChI=1S/C17H19NO.C3H5NO/c1-2-4-14-11-15(6-5-13(14)3-1)16-12-17(16)18-7-9-19-10-8-18;1-2-3(4)5/h1-6,11,16-17H,7-10,12H2;2H,1H2,(H2,4,5). The smallest absolute Gasteiger partial charge is 0.240 e. The SMILES string of the molecule is C=CC(N)=O.c1ccc2cc(C3CC3N3CCOCC3)ccc2c1. The normalized spacial score (nSPS) is 23.2. The lowest BCUT2D eigenvalue weighted by atomic mass is 10.0. The van der Waals surface area contributed by atoms with E-state index in [1.54, 1.807) is 0 Å². The number of benzene rings is 2. The van der Waals surface area contributed by atoms with E-state index >= 15 is 0 Å². The van der Waals surface area contributed by atoms with E-state index in [0.717, 1.165) is 44.3 Å². The Labute approximate surface area is 142 Å². The number of morpholine rings is 1. The highest BCUT2D eigenvalue weighted by atomic mass is 16.5. The average molecular weight is 324 g/mol. The van der Waals surface area contributed by atoms with Crippen molar-refractivity contribution in [3.8, 4) is 0 Å². The van der Waals surface area contributed by atoms with Crippen LogP contribution in [-0.4, -0.2) is 43.2 Å². The number of hydrogen-bond donors (Lipinski definition) is 1. The minimum Gasteiger partial charge on any atom is -0.379 e. The van der Waals surface area contributed by atoms with Crippen molar-refractivity contribution in [1.82, 2.24) is 4.90 Å². The molecule has 1 aliphatic heterocycles. The van der Waals surface area contributed by atoms with Gasteiger partial charge in [0.15, 0.2) is 0 Å². The molecule has 2 aromatic rings. The van der Waals surface area contributed by atoms with Gasteiger partial charge in [-0.15, -0.1) is 0 Å². The highest BCUT2D eigenvalue weighted by Crippen LogP contribution is 2.45. The second-order valence-corrected chi connectivity index (χ2v) is 6.27. The summed E-state index contributed by atoms with van der Waals surface area (Å²) in [6, 6.07) is 16.3. The Hall–Kier alpha value is -2.17. The van der Waals surface area contributed by atoms with Gasteiger partial charge in [-0.2, -0.15) is 0 Å². The molecule has 0 aromatic heterocycles. The Kier molecular flexibility index (Phi) is 5.28. The average Bonchev–Trinajstić information content (AvgIpc) is 3.43. The highest BCUT2D eigenvalue weighted by molar-refractivity contribution is 5.85. The van der Waals surface area contributed by atoms with Crippen molar-refractivity contribution in [2.24, 2.45) is 5.73 Å². The molecule has 4 rings (SSSR count). The van der Waals surface area contributed by atoms with E-state index in [4.69, 9.17) is 4.74 Å². The predicted molar refractivity (Wildman–Crippen MR) is 96.9 cm³/mol. The molecule has 4 nitrogen and oxygen atoms in total. The zero-order valence-corrected chi connectivity index (χ0v) is 13.9. The fraction of sp³-hybridized carbons (Fsp3) is 0.350. The number of ether oxygens (including phenoxy) is 1. The molecule has 0 spiro atoms. The van der Waals surface area contributed by atoms with Crippen molar-refractivity contribution in [3.63, 3.8) is 0 Å². The van der Waals surface area contributed by atoms with Crippen molar-refractivity contribution < 1.29 is 9.53 Å². The molecule has 126 valence electrons. The predicted octanol–water partition coefficient (Wildman–Crippen LogP) is 2.69. The van der Waals surface area contributed by atoms with Gasteiger partial charge >= 0.3 is 0 Å². The van der Waals surface area contributed by atoms with Crippen LogP contribution in [0.3, 0.4) is 0 Å². The number of primary amides is 1. The van der Waals surface area contributed by atoms with Crippen LogP contribution in [0.1, 0.15) is 17.9 Å². The van der Waals surface area contributed by atoms with Gasteiger partial charge in [-0.3, -0.25) is 9.69 Å². The summed E-state index contributed by atoms with van der Waals surface area (Å²) >= 11 is 0. The van der Waals surface area contributed by atoms with Gasteiger partial charge in [-0.05, 0) is 28.8 Å². The van der Waals surface area contributed by atoms with Gasteiger partial charge in [0.2, 0.25) is 5.91 Å². The molecular weight excluding hydrogens is 300 g/mol. The van der Waals surface area contributed by atoms with Crippen molar-refractivity contribution in [2.75, 3.05) is 26.3 Å². The lowest BCUT2D eigenvalue weighted by Gasteiger charge is -2.27. The van der Waals surface area contributed by atoms with Crippen LogP contribution in [0.15, 0.2) is 55.1 Å². The monoisotopic (exact) mass is 324 g/mol. The van der Waals surface area contributed by atoms with Crippen LogP contribution in [-0.2, 0) is 9.53 Å². The molecule has 2 fully saturated rings. The molecule has 2 N–H and O–H groups in total. The Morgan fingerprint density at radius 1 is 1.17 bits per heavy atom. The van der Waals surface area contributed by atoms with Gasteiger partial charge in [0.25, 0.3) is 0 Å². The second-order valence-electron chi connectivity index (χ2n) is 6.27. The van der Waals surface area contributed by atoms with E-state index < -0.39 is 5.91 Å². The van der Waals surface area contributed by atoms with Crippen molar-refractivity contribution in [2.45, 2.75) is 18.4 Å². The number of nitrogens with two attached hydrogens (primary N) is 1. The Morgan fingerprint density at radius 2 is 1.83 bits per heavy atom. The molecule has 24 heavy (non-hydrogen) atoms. The summed E-state index contributed by atoms with van der Waals surface area (Å²) in [5.41, 5.74) is 6.04. The molecule has 0 bridgehead atoms. The number of rotatable bonds is 3. The third kappa shape index (κ3) is 4.02. The van der Waals surface area contributed by atoms with Gasteiger partial charge in [0, 0.05) is 25.0 Å². The largest absolute Gasteiger partial charge is 0.379 e. The molecule has 1 aliphatic carbocycles. The number of carbonyl (C=O) groups excluding carboxylic acids is 1. The van der Waals surface area contributed by atoms with Gasteiger partial charge in [-0.25, -0.2) is 0 Å². The van der Waals surface area contributed by atoms with Crippen LogP contribution >= 0.6 is 0 Å². The van der Waals surface area contributed by atoms with E-state index in [2.05, 4.69) is 59.7 Å². The van der Waals surface area contributed by atoms with Crippen molar-refractivity contribution in [3.05, 3.63) is 60.7 Å². The summed E-state index contributed by atoms with van der Waals surface area (Å²) in [6.45, 7) is 7.10. The van der Waals surface area contributed by atoms with E-state index in [1.165, 1.54) is 22.8 Å².